The van der Waals surface area contributed by atoms with Gasteiger partial charge in [-0.2, -0.15) is 5.26 Å². The SMILES string of the molecule is CN(C)CCCN(C)c1cccc(Cl)c1C#N. The second-order valence-electron chi connectivity index (χ2n) is 4.32. The number of rotatable bonds is 5. The summed E-state index contributed by atoms with van der Waals surface area (Å²) < 4.78 is 0. The van der Waals surface area contributed by atoms with Crippen LogP contribution in [0.2, 0.25) is 5.02 Å². The first-order chi connectivity index (χ1) is 8.06. The number of benzene rings is 1. The first-order valence-corrected chi connectivity index (χ1v) is 5.98. The van der Waals surface area contributed by atoms with Gasteiger partial charge in [-0.3, -0.25) is 0 Å². The lowest BCUT2D eigenvalue weighted by molar-refractivity contribution is 0.401. The van der Waals surface area contributed by atoms with Gasteiger partial charge in [-0.15, -0.1) is 0 Å². The maximum atomic E-state index is 9.09. The van der Waals surface area contributed by atoms with Gasteiger partial charge in [0.25, 0.3) is 0 Å². The van der Waals surface area contributed by atoms with E-state index in [9.17, 15) is 0 Å². The molecule has 3 nitrogen and oxygen atoms in total. The van der Waals surface area contributed by atoms with Crippen molar-refractivity contribution in [3.05, 3.63) is 28.8 Å². The van der Waals surface area contributed by atoms with Gasteiger partial charge in [0, 0.05) is 13.6 Å². The number of nitriles is 1. The van der Waals surface area contributed by atoms with E-state index in [0.717, 1.165) is 25.2 Å². The van der Waals surface area contributed by atoms with E-state index in [4.69, 9.17) is 16.9 Å². The molecule has 0 radical (unpaired) electrons. The molecular formula is C13H18ClN3. The predicted octanol–water partition coefficient (Wildman–Crippen LogP) is 2.60. The van der Waals surface area contributed by atoms with Crippen molar-refractivity contribution in [3.8, 4) is 6.07 Å². The monoisotopic (exact) mass is 251 g/mol. The van der Waals surface area contributed by atoms with Crippen LogP contribution in [0.15, 0.2) is 18.2 Å². The van der Waals surface area contributed by atoms with E-state index in [1.54, 1.807) is 6.07 Å². The van der Waals surface area contributed by atoms with Crippen molar-refractivity contribution >= 4 is 17.3 Å². The van der Waals surface area contributed by atoms with Gasteiger partial charge in [-0.05, 0) is 39.2 Å². The Labute approximate surface area is 108 Å². The minimum atomic E-state index is 0.518. The quantitative estimate of drug-likeness (QED) is 0.806. The number of hydrogen-bond acceptors (Lipinski definition) is 3. The fourth-order valence-electron chi connectivity index (χ4n) is 1.69. The third kappa shape index (κ3) is 3.92. The Morgan fingerprint density at radius 2 is 1.94 bits per heavy atom. The first-order valence-electron chi connectivity index (χ1n) is 5.60. The summed E-state index contributed by atoms with van der Waals surface area (Å²) in [5.41, 5.74) is 1.46. The third-order valence-electron chi connectivity index (χ3n) is 2.61. The summed E-state index contributed by atoms with van der Waals surface area (Å²) in [6.07, 6.45) is 1.06. The van der Waals surface area contributed by atoms with Crippen LogP contribution in [0.5, 0.6) is 0 Å². The molecule has 17 heavy (non-hydrogen) atoms. The Bertz CT molecular complexity index is 410. The highest BCUT2D eigenvalue weighted by atomic mass is 35.5. The summed E-state index contributed by atoms with van der Waals surface area (Å²) in [6, 6.07) is 7.71. The minimum Gasteiger partial charge on any atom is -0.373 e. The van der Waals surface area contributed by atoms with Crippen molar-refractivity contribution in [2.24, 2.45) is 0 Å². The van der Waals surface area contributed by atoms with E-state index < -0.39 is 0 Å². The van der Waals surface area contributed by atoms with Gasteiger partial charge in [-0.25, -0.2) is 0 Å². The zero-order chi connectivity index (χ0) is 12.8. The van der Waals surface area contributed by atoms with Crippen LogP contribution in [0.25, 0.3) is 0 Å². The number of anilines is 1. The maximum Gasteiger partial charge on any atom is 0.103 e. The highest BCUT2D eigenvalue weighted by Crippen LogP contribution is 2.25. The maximum absolute atomic E-state index is 9.09. The summed E-state index contributed by atoms with van der Waals surface area (Å²) >= 11 is 6.00. The molecule has 0 fully saturated rings. The van der Waals surface area contributed by atoms with E-state index in [-0.39, 0.29) is 0 Å². The van der Waals surface area contributed by atoms with Gasteiger partial charge in [0.05, 0.1) is 16.3 Å². The zero-order valence-corrected chi connectivity index (χ0v) is 11.3. The van der Waals surface area contributed by atoms with Crippen LogP contribution in [-0.2, 0) is 0 Å². The second kappa shape index (κ2) is 6.48. The largest absolute Gasteiger partial charge is 0.373 e. The zero-order valence-electron chi connectivity index (χ0n) is 10.6. The molecule has 0 amide bonds. The van der Waals surface area contributed by atoms with E-state index in [1.165, 1.54) is 0 Å². The standard InChI is InChI=1S/C13H18ClN3/c1-16(2)8-5-9-17(3)13-7-4-6-12(14)11(13)10-15/h4,6-7H,5,8-9H2,1-3H3. The average molecular weight is 252 g/mol. The molecule has 0 unspecified atom stereocenters. The highest BCUT2D eigenvalue weighted by molar-refractivity contribution is 6.32. The molecule has 0 heterocycles. The van der Waals surface area contributed by atoms with Crippen molar-refractivity contribution in [1.82, 2.24) is 4.90 Å². The van der Waals surface area contributed by atoms with E-state index >= 15 is 0 Å². The van der Waals surface area contributed by atoms with Crippen LogP contribution in [-0.4, -0.2) is 39.1 Å². The molecule has 4 heteroatoms. The average Bonchev–Trinajstić information content (AvgIpc) is 2.28. The molecule has 0 saturated carbocycles. The number of hydrogen-bond donors (Lipinski definition) is 0. The molecule has 1 rings (SSSR count). The van der Waals surface area contributed by atoms with Gasteiger partial charge in [0.1, 0.15) is 6.07 Å². The van der Waals surface area contributed by atoms with Gasteiger partial charge in [0.2, 0.25) is 0 Å². The Hall–Kier alpha value is -1.24. The molecule has 92 valence electrons. The molecule has 1 aromatic rings. The molecule has 0 aliphatic heterocycles. The van der Waals surface area contributed by atoms with Crippen molar-refractivity contribution in [2.75, 3.05) is 39.1 Å². The molecule has 0 aliphatic carbocycles. The molecule has 0 saturated heterocycles. The summed E-state index contributed by atoms with van der Waals surface area (Å²) in [5, 5.41) is 9.61. The molecular weight excluding hydrogens is 234 g/mol. The Morgan fingerprint density at radius 3 is 2.53 bits per heavy atom. The second-order valence-corrected chi connectivity index (χ2v) is 4.73. The van der Waals surface area contributed by atoms with Crippen molar-refractivity contribution in [1.29, 1.82) is 5.26 Å². The summed E-state index contributed by atoms with van der Waals surface area (Å²) in [4.78, 5) is 4.23. The minimum absolute atomic E-state index is 0.518. The molecule has 0 bridgehead atoms. The number of halogens is 1. The first kappa shape index (κ1) is 13.8. The fourth-order valence-corrected chi connectivity index (χ4v) is 1.90. The molecule has 1 aromatic carbocycles. The van der Waals surface area contributed by atoms with Gasteiger partial charge >= 0.3 is 0 Å². The van der Waals surface area contributed by atoms with Crippen LogP contribution in [0.3, 0.4) is 0 Å². The summed E-state index contributed by atoms with van der Waals surface area (Å²) in [7, 11) is 6.10. The van der Waals surface area contributed by atoms with Gasteiger partial charge in [0.15, 0.2) is 0 Å². The fraction of sp³-hybridized carbons (Fsp3) is 0.462. The van der Waals surface area contributed by atoms with Crippen LogP contribution < -0.4 is 4.90 Å². The van der Waals surface area contributed by atoms with Crippen LogP contribution in [0.4, 0.5) is 5.69 Å². The summed E-state index contributed by atoms with van der Waals surface area (Å²) in [5.74, 6) is 0. The lowest BCUT2D eigenvalue weighted by Crippen LogP contribution is -2.23. The van der Waals surface area contributed by atoms with Gasteiger partial charge in [-0.1, -0.05) is 17.7 Å². The van der Waals surface area contributed by atoms with E-state index in [1.807, 2.05) is 19.2 Å². The smallest absolute Gasteiger partial charge is 0.103 e. The molecule has 0 N–H and O–H groups in total. The van der Waals surface area contributed by atoms with Crippen molar-refractivity contribution in [3.63, 3.8) is 0 Å². The van der Waals surface area contributed by atoms with Crippen molar-refractivity contribution in [2.45, 2.75) is 6.42 Å². The Kier molecular flexibility index (Phi) is 5.27. The summed E-state index contributed by atoms with van der Waals surface area (Å²) in [6.45, 7) is 1.94. The molecule has 0 aromatic heterocycles. The Morgan fingerprint density at radius 1 is 1.24 bits per heavy atom. The van der Waals surface area contributed by atoms with E-state index in [0.29, 0.717) is 10.6 Å². The van der Waals surface area contributed by atoms with E-state index in [2.05, 4.69) is 30.0 Å². The topological polar surface area (TPSA) is 30.3 Å². The molecule has 0 spiro atoms. The lowest BCUT2D eigenvalue weighted by Gasteiger charge is -2.21. The molecule has 0 aliphatic rings. The third-order valence-corrected chi connectivity index (χ3v) is 2.93. The number of nitrogens with zero attached hydrogens (tertiary/aromatic N) is 3. The highest BCUT2D eigenvalue weighted by Gasteiger charge is 2.10. The lowest BCUT2D eigenvalue weighted by atomic mass is 10.1. The Balaban J connectivity index is 2.72. The van der Waals surface area contributed by atoms with Crippen LogP contribution in [0.1, 0.15) is 12.0 Å². The predicted molar refractivity (Wildman–Crippen MR) is 72.6 cm³/mol. The van der Waals surface area contributed by atoms with Gasteiger partial charge < -0.3 is 9.80 Å². The van der Waals surface area contributed by atoms with Crippen LogP contribution >= 0.6 is 11.6 Å². The van der Waals surface area contributed by atoms with Crippen molar-refractivity contribution < 1.29 is 0 Å². The molecule has 0 atom stereocenters. The van der Waals surface area contributed by atoms with Crippen LogP contribution in [0, 0.1) is 11.3 Å². The normalized spacial score (nSPS) is 10.4.